The van der Waals surface area contributed by atoms with Gasteiger partial charge in [0.15, 0.2) is 0 Å². The van der Waals surface area contributed by atoms with E-state index in [1.807, 2.05) is 0 Å². The molecule has 2 heterocycles. The van der Waals surface area contributed by atoms with Crippen LogP contribution >= 0.6 is 0 Å². The molecule has 0 fully saturated rings. The van der Waals surface area contributed by atoms with Crippen molar-refractivity contribution in [1.82, 2.24) is 9.55 Å². The number of imidazole rings is 1. The average Bonchev–Trinajstić information content (AvgIpc) is 4.00. The highest BCUT2D eigenvalue weighted by Crippen LogP contribution is 2.48. The lowest BCUT2D eigenvalue weighted by atomic mass is 9.98. The summed E-state index contributed by atoms with van der Waals surface area (Å²) in [5.41, 5.74) is 6.00. The SMILES string of the molecule is CCOC(=O)c1ccc(C2=NC(c3ccccc3C#N)(n3c(-c4ccccc4C#N)nc(-c4ccc(C(=O)OCC)cc4)c3-c3ccc(C(=O)OCC)cc3)N=C2c2ccc(C(=O)OCC)cc2)cc1. The third-order valence-corrected chi connectivity index (χ3v) is 11.3. The number of esters is 4. The van der Waals surface area contributed by atoms with Crippen LogP contribution in [0.3, 0.4) is 0 Å². The van der Waals surface area contributed by atoms with Crippen molar-refractivity contribution in [1.29, 1.82) is 10.5 Å². The fourth-order valence-electron chi connectivity index (χ4n) is 8.12. The molecular weight excluding hydrogens is 885 g/mol. The van der Waals surface area contributed by atoms with Gasteiger partial charge in [0, 0.05) is 33.4 Å². The molecule has 70 heavy (non-hydrogen) atoms. The molecule has 0 radical (unpaired) electrons. The highest BCUT2D eigenvalue weighted by Gasteiger charge is 2.46. The Kier molecular flexibility index (Phi) is 14.0. The van der Waals surface area contributed by atoms with Gasteiger partial charge in [-0.05, 0) is 94.4 Å². The summed E-state index contributed by atoms with van der Waals surface area (Å²) in [7, 11) is 0. The Labute approximate surface area is 403 Å². The molecule has 0 N–H and O–H groups in total. The summed E-state index contributed by atoms with van der Waals surface area (Å²) in [6.45, 7) is 7.60. The molecule has 1 aliphatic heterocycles. The third-order valence-electron chi connectivity index (χ3n) is 11.3. The zero-order valence-corrected chi connectivity index (χ0v) is 38.6. The van der Waals surface area contributed by atoms with Crippen molar-refractivity contribution in [2.45, 2.75) is 33.5 Å². The van der Waals surface area contributed by atoms with Crippen LogP contribution in [0.15, 0.2) is 156 Å². The predicted octanol–water partition coefficient (Wildman–Crippen LogP) is 9.99. The zero-order chi connectivity index (χ0) is 49.4. The lowest BCUT2D eigenvalue weighted by Gasteiger charge is -2.30. The van der Waals surface area contributed by atoms with E-state index in [9.17, 15) is 29.7 Å². The first kappa shape index (κ1) is 47.2. The van der Waals surface area contributed by atoms with Crippen LogP contribution in [0.25, 0.3) is 33.9 Å². The van der Waals surface area contributed by atoms with Crippen LogP contribution in [0.1, 0.15) is 96.9 Å². The van der Waals surface area contributed by atoms with Gasteiger partial charge in [-0.2, -0.15) is 10.5 Å². The molecule has 0 spiro atoms. The topological polar surface area (TPSA) is 195 Å². The van der Waals surface area contributed by atoms with Crippen LogP contribution in [-0.4, -0.2) is 71.3 Å². The van der Waals surface area contributed by atoms with E-state index in [1.165, 1.54) is 0 Å². The van der Waals surface area contributed by atoms with Gasteiger partial charge in [-0.25, -0.2) is 34.1 Å². The van der Waals surface area contributed by atoms with Crippen molar-refractivity contribution >= 4 is 35.3 Å². The van der Waals surface area contributed by atoms with E-state index in [0.717, 1.165) is 0 Å². The largest absolute Gasteiger partial charge is 0.462 e. The zero-order valence-electron chi connectivity index (χ0n) is 38.6. The number of ether oxygens (including phenoxy) is 4. The maximum atomic E-state index is 13.1. The first-order valence-corrected chi connectivity index (χ1v) is 22.5. The molecule has 7 aromatic rings. The molecular formula is C56H44N6O8. The van der Waals surface area contributed by atoms with Crippen molar-refractivity contribution in [2.24, 2.45) is 9.98 Å². The molecule has 14 heteroatoms. The summed E-state index contributed by atoms with van der Waals surface area (Å²) >= 11 is 0. The van der Waals surface area contributed by atoms with Crippen LogP contribution in [0.2, 0.25) is 0 Å². The number of hydrogen-bond acceptors (Lipinski definition) is 13. The number of aromatic nitrogens is 2. The van der Waals surface area contributed by atoms with Gasteiger partial charge in [0.25, 0.3) is 5.79 Å². The van der Waals surface area contributed by atoms with Gasteiger partial charge >= 0.3 is 23.9 Å². The van der Waals surface area contributed by atoms with Crippen LogP contribution in [0.4, 0.5) is 0 Å². The minimum absolute atomic E-state index is 0.166. The average molecular weight is 929 g/mol. The molecule has 346 valence electrons. The number of benzene rings is 6. The third kappa shape index (κ3) is 9.09. The van der Waals surface area contributed by atoms with Crippen molar-refractivity contribution in [2.75, 3.05) is 26.4 Å². The Morgan fingerprint density at radius 1 is 0.486 bits per heavy atom. The summed E-state index contributed by atoms with van der Waals surface area (Å²) in [6, 6.07) is 45.4. The molecule has 1 aromatic heterocycles. The molecule has 0 amide bonds. The number of carbonyl (C=O) groups excluding carboxylic acids is 4. The van der Waals surface area contributed by atoms with Gasteiger partial charge in [0.2, 0.25) is 0 Å². The Balaban J connectivity index is 1.54. The summed E-state index contributed by atoms with van der Waals surface area (Å²) in [6.07, 6.45) is 0. The number of rotatable bonds is 15. The standard InChI is InChI=1S/C56H44N6O8/c1-5-67-52(63)39-25-17-35(18-26-39)47-48(36-19-27-40(28-20-36)53(64)68-6-2)61-56(60-47,46-16-12-10-14-44(46)34-58)62-50(38-23-31-42(32-24-38)55(66)70-8-4)49(37-21-29-41(30-22-37)54(65)69-7-3)59-51(62)45-15-11-9-13-43(45)33-57/h9-32H,5-8H2,1-4H3. The minimum Gasteiger partial charge on any atom is -0.462 e. The van der Waals surface area contributed by atoms with Gasteiger partial charge in [-0.1, -0.05) is 78.9 Å². The number of aliphatic imine (C=N–C) groups is 2. The molecule has 8 rings (SSSR count). The normalized spacial score (nSPS) is 12.4. The highest BCUT2D eigenvalue weighted by atomic mass is 16.5. The predicted molar refractivity (Wildman–Crippen MR) is 261 cm³/mol. The van der Waals surface area contributed by atoms with Crippen molar-refractivity contribution in [3.63, 3.8) is 0 Å². The molecule has 0 atom stereocenters. The van der Waals surface area contributed by atoms with E-state index < -0.39 is 29.7 Å². The van der Waals surface area contributed by atoms with Gasteiger partial charge < -0.3 is 18.9 Å². The minimum atomic E-state index is -1.96. The molecule has 0 bridgehead atoms. The van der Waals surface area contributed by atoms with Crippen molar-refractivity contribution < 1.29 is 38.1 Å². The summed E-state index contributed by atoms with van der Waals surface area (Å²) in [5.74, 6) is -3.79. The Hall–Kier alpha value is -9.27. The Morgan fingerprint density at radius 3 is 1.27 bits per heavy atom. The van der Waals surface area contributed by atoms with E-state index in [1.54, 1.807) is 178 Å². The van der Waals surface area contributed by atoms with E-state index in [2.05, 4.69) is 12.1 Å². The Bertz CT molecular complexity index is 3210. The maximum absolute atomic E-state index is 13.1. The van der Waals surface area contributed by atoms with Crippen LogP contribution < -0.4 is 0 Å². The second kappa shape index (κ2) is 20.7. The number of carbonyl (C=O) groups is 4. The van der Waals surface area contributed by atoms with E-state index in [-0.39, 0.29) is 48.9 Å². The van der Waals surface area contributed by atoms with Gasteiger partial charge in [0.1, 0.15) is 5.82 Å². The lowest BCUT2D eigenvalue weighted by molar-refractivity contribution is 0.0516. The second-order valence-corrected chi connectivity index (χ2v) is 15.5. The molecule has 6 aromatic carbocycles. The molecule has 0 saturated carbocycles. The van der Waals surface area contributed by atoms with Crippen molar-refractivity contribution in [3.8, 4) is 46.0 Å². The van der Waals surface area contributed by atoms with Crippen molar-refractivity contribution in [3.05, 3.63) is 196 Å². The number of nitrogens with zero attached hydrogens (tertiary/aromatic N) is 6. The first-order valence-electron chi connectivity index (χ1n) is 22.5. The molecule has 1 aliphatic rings. The van der Waals surface area contributed by atoms with E-state index in [0.29, 0.717) is 72.9 Å². The van der Waals surface area contributed by atoms with E-state index >= 15 is 0 Å². The highest BCUT2D eigenvalue weighted by molar-refractivity contribution is 6.54. The van der Waals surface area contributed by atoms with Gasteiger partial charge in [0.05, 0.1) is 94.8 Å². The lowest BCUT2D eigenvalue weighted by Crippen LogP contribution is -2.32. The first-order chi connectivity index (χ1) is 34.1. The quantitative estimate of drug-likeness (QED) is 0.0701. The van der Waals surface area contributed by atoms with Crippen LogP contribution in [0, 0.1) is 22.7 Å². The molecule has 14 nitrogen and oxygen atoms in total. The summed E-state index contributed by atoms with van der Waals surface area (Å²) < 4.78 is 23.0. The summed E-state index contributed by atoms with van der Waals surface area (Å²) in [4.78, 5) is 68.4. The van der Waals surface area contributed by atoms with Gasteiger partial charge in [-0.3, -0.25) is 4.57 Å². The van der Waals surface area contributed by atoms with E-state index in [4.69, 9.17) is 33.9 Å². The van der Waals surface area contributed by atoms with Crippen LogP contribution in [-0.2, 0) is 24.7 Å². The smallest absolute Gasteiger partial charge is 0.338 e. The molecule has 0 saturated heterocycles. The monoisotopic (exact) mass is 928 g/mol. The number of hydrogen-bond donors (Lipinski definition) is 0. The van der Waals surface area contributed by atoms with Gasteiger partial charge in [-0.15, -0.1) is 0 Å². The Morgan fingerprint density at radius 2 is 0.857 bits per heavy atom. The van der Waals surface area contributed by atoms with Crippen LogP contribution in [0.5, 0.6) is 0 Å². The maximum Gasteiger partial charge on any atom is 0.338 e. The molecule has 0 aliphatic carbocycles. The summed E-state index contributed by atoms with van der Waals surface area (Å²) in [5, 5.41) is 21.6. The molecule has 0 unspecified atom stereocenters. The fourth-order valence-corrected chi connectivity index (χ4v) is 8.12. The fraction of sp³-hybridized carbons (Fsp3) is 0.161. The number of nitriles is 2. The second-order valence-electron chi connectivity index (χ2n) is 15.5.